The molecule has 14 heavy (non-hydrogen) atoms. The van der Waals surface area contributed by atoms with Crippen molar-refractivity contribution in [3.05, 3.63) is 34.9 Å². The Balaban J connectivity index is 2.54. The molecule has 2 nitrogen and oxygen atoms in total. The second kappa shape index (κ2) is 4.78. The number of aryl methyl sites for hydroxylation is 1. The molecule has 0 spiro atoms. The quantitative estimate of drug-likeness (QED) is 0.804. The molecule has 0 aliphatic rings. The molecular weight excluding hydrogens is 198 g/mol. The van der Waals surface area contributed by atoms with E-state index in [1.807, 2.05) is 24.3 Å². The third-order valence-corrected chi connectivity index (χ3v) is 2.52. The van der Waals surface area contributed by atoms with E-state index in [1.54, 1.807) is 6.92 Å². The lowest BCUT2D eigenvalue weighted by Crippen LogP contribution is -2.34. The fraction of sp³-hybridized carbons (Fsp3) is 0.455. The molecular formula is C11H16ClNO. The molecule has 78 valence electrons. The van der Waals surface area contributed by atoms with Gasteiger partial charge in [-0.15, -0.1) is 0 Å². The maximum Gasteiger partial charge on any atom is 0.0744 e. The average Bonchev–Trinajstić information content (AvgIpc) is 2.15. The van der Waals surface area contributed by atoms with Gasteiger partial charge >= 0.3 is 0 Å². The number of aliphatic hydroxyl groups is 1. The van der Waals surface area contributed by atoms with Gasteiger partial charge in [-0.2, -0.15) is 0 Å². The Kier molecular flexibility index (Phi) is 3.93. The summed E-state index contributed by atoms with van der Waals surface area (Å²) < 4.78 is 0. The molecule has 0 saturated carbocycles. The van der Waals surface area contributed by atoms with E-state index in [2.05, 4.69) is 0 Å². The van der Waals surface area contributed by atoms with Crippen molar-refractivity contribution in [1.29, 1.82) is 0 Å². The summed E-state index contributed by atoms with van der Waals surface area (Å²) in [6.45, 7) is 2.03. The van der Waals surface area contributed by atoms with Crippen LogP contribution in [0.25, 0.3) is 0 Å². The monoisotopic (exact) mass is 213 g/mol. The molecule has 1 aromatic carbocycles. The first kappa shape index (κ1) is 11.5. The summed E-state index contributed by atoms with van der Waals surface area (Å²) in [5.74, 6) is 0. The van der Waals surface area contributed by atoms with Crippen molar-refractivity contribution in [2.24, 2.45) is 5.73 Å². The van der Waals surface area contributed by atoms with Gasteiger partial charge in [-0.3, -0.25) is 0 Å². The van der Waals surface area contributed by atoms with Gasteiger partial charge in [-0.1, -0.05) is 23.7 Å². The van der Waals surface area contributed by atoms with Gasteiger partial charge in [0.2, 0.25) is 0 Å². The van der Waals surface area contributed by atoms with Gasteiger partial charge in [0, 0.05) is 11.6 Å². The molecule has 0 aromatic heterocycles. The summed E-state index contributed by atoms with van der Waals surface area (Å²) in [5.41, 5.74) is 5.78. The molecule has 3 heteroatoms. The molecule has 0 fully saturated rings. The number of halogens is 1. The Morgan fingerprint density at radius 3 is 2.79 bits per heavy atom. The molecule has 0 radical (unpaired) electrons. The zero-order chi connectivity index (χ0) is 10.6. The van der Waals surface area contributed by atoms with Crippen LogP contribution in [0.2, 0.25) is 5.02 Å². The molecule has 0 bridgehead atoms. The highest BCUT2D eigenvalue weighted by Gasteiger charge is 2.17. The molecule has 0 amide bonds. The summed E-state index contributed by atoms with van der Waals surface area (Å²) in [4.78, 5) is 0. The highest BCUT2D eigenvalue weighted by atomic mass is 35.5. The van der Waals surface area contributed by atoms with Gasteiger partial charge < -0.3 is 10.8 Å². The normalized spacial score (nSPS) is 15.1. The van der Waals surface area contributed by atoms with Crippen LogP contribution in [0.15, 0.2) is 24.3 Å². The summed E-state index contributed by atoms with van der Waals surface area (Å²) in [7, 11) is 0. The number of nitrogens with two attached hydrogens (primary N) is 1. The fourth-order valence-electron chi connectivity index (χ4n) is 1.21. The predicted molar refractivity (Wildman–Crippen MR) is 59.5 cm³/mol. The van der Waals surface area contributed by atoms with Crippen LogP contribution in [0.5, 0.6) is 0 Å². The van der Waals surface area contributed by atoms with E-state index in [1.165, 1.54) is 0 Å². The summed E-state index contributed by atoms with van der Waals surface area (Å²) in [6, 6.07) is 7.66. The lowest BCUT2D eigenvalue weighted by molar-refractivity contribution is 0.0603. The maximum absolute atomic E-state index is 9.70. The first-order valence-corrected chi connectivity index (χ1v) is 5.08. The van der Waals surface area contributed by atoms with Crippen molar-refractivity contribution in [2.45, 2.75) is 25.4 Å². The van der Waals surface area contributed by atoms with Crippen molar-refractivity contribution in [1.82, 2.24) is 0 Å². The predicted octanol–water partition coefficient (Wildman–Crippen LogP) is 1.98. The molecule has 1 unspecified atom stereocenters. The van der Waals surface area contributed by atoms with Crippen LogP contribution in [0.3, 0.4) is 0 Å². The topological polar surface area (TPSA) is 46.2 Å². The van der Waals surface area contributed by atoms with Crippen LogP contribution in [0.4, 0.5) is 0 Å². The van der Waals surface area contributed by atoms with Crippen LogP contribution < -0.4 is 5.73 Å². The highest BCUT2D eigenvalue weighted by Crippen LogP contribution is 2.16. The maximum atomic E-state index is 9.70. The van der Waals surface area contributed by atoms with E-state index in [4.69, 9.17) is 17.3 Å². The molecule has 1 atom stereocenters. The molecule has 1 rings (SSSR count). The highest BCUT2D eigenvalue weighted by molar-refractivity contribution is 6.30. The Bertz CT molecular complexity index is 299. The summed E-state index contributed by atoms with van der Waals surface area (Å²) >= 11 is 5.84. The summed E-state index contributed by atoms with van der Waals surface area (Å²) in [6.07, 6.45) is 1.45. The van der Waals surface area contributed by atoms with Gasteiger partial charge in [0.25, 0.3) is 0 Å². The minimum Gasteiger partial charge on any atom is -0.389 e. The van der Waals surface area contributed by atoms with E-state index in [0.29, 0.717) is 6.42 Å². The Morgan fingerprint density at radius 1 is 1.50 bits per heavy atom. The van der Waals surface area contributed by atoms with E-state index in [-0.39, 0.29) is 6.54 Å². The average molecular weight is 214 g/mol. The zero-order valence-electron chi connectivity index (χ0n) is 8.33. The minimum absolute atomic E-state index is 0.285. The molecule has 0 aliphatic carbocycles. The first-order valence-electron chi connectivity index (χ1n) is 4.70. The molecule has 0 aliphatic heterocycles. The second-order valence-electron chi connectivity index (χ2n) is 3.83. The first-order chi connectivity index (χ1) is 6.53. The van der Waals surface area contributed by atoms with Crippen molar-refractivity contribution in [2.75, 3.05) is 6.54 Å². The van der Waals surface area contributed by atoms with Crippen LogP contribution in [-0.4, -0.2) is 17.3 Å². The Morgan fingerprint density at radius 2 is 2.21 bits per heavy atom. The van der Waals surface area contributed by atoms with Crippen LogP contribution in [0.1, 0.15) is 18.9 Å². The third-order valence-electron chi connectivity index (χ3n) is 2.28. The molecule has 1 aromatic rings. The smallest absolute Gasteiger partial charge is 0.0744 e. The van der Waals surface area contributed by atoms with Crippen molar-refractivity contribution in [3.63, 3.8) is 0 Å². The third kappa shape index (κ3) is 3.66. The van der Waals surface area contributed by atoms with Crippen molar-refractivity contribution < 1.29 is 5.11 Å². The van der Waals surface area contributed by atoms with Gasteiger partial charge in [0.15, 0.2) is 0 Å². The second-order valence-corrected chi connectivity index (χ2v) is 4.27. The number of rotatable bonds is 4. The zero-order valence-corrected chi connectivity index (χ0v) is 9.09. The van der Waals surface area contributed by atoms with E-state index >= 15 is 0 Å². The largest absolute Gasteiger partial charge is 0.389 e. The molecule has 0 heterocycles. The van der Waals surface area contributed by atoms with E-state index < -0.39 is 5.60 Å². The lowest BCUT2D eigenvalue weighted by Gasteiger charge is -2.20. The van der Waals surface area contributed by atoms with E-state index in [0.717, 1.165) is 17.0 Å². The van der Waals surface area contributed by atoms with Crippen LogP contribution in [-0.2, 0) is 6.42 Å². The Hall–Kier alpha value is -0.570. The lowest BCUT2D eigenvalue weighted by atomic mass is 9.97. The van der Waals surface area contributed by atoms with Crippen LogP contribution >= 0.6 is 11.6 Å². The SMILES string of the molecule is CC(O)(CN)CCc1cccc(Cl)c1. The fourth-order valence-corrected chi connectivity index (χ4v) is 1.42. The molecule has 0 saturated heterocycles. The van der Waals surface area contributed by atoms with Gasteiger partial charge in [0.1, 0.15) is 0 Å². The van der Waals surface area contributed by atoms with E-state index in [9.17, 15) is 5.11 Å². The van der Waals surface area contributed by atoms with Crippen molar-refractivity contribution >= 4 is 11.6 Å². The van der Waals surface area contributed by atoms with Crippen molar-refractivity contribution in [3.8, 4) is 0 Å². The van der Waals surface area contributed by atoms with Gasteiger partial charge in [-0.05, 0) is 37.5 Å². The summed E-state index contributed by atoms with van der Waals surface area (Å²) in [5, 5.41) is 10.4. The van der Waals surface area contributed by atoms with Gasteiger partial charge in [0.05, 0.1) is 5.60 Å². The number of hydrogen-bond acceptors (Lipinski definition) is 2. The van der Waals surface area contributed by atoms with Gasteiger partial charge in [-0.25, -0.2) is 0 Å². The number of hydrogen-bond donors (Lipinski definition) is 2. The standard InChI is InChI=1S/C11H16ClNO/c1-11(14,8-13)6-5-9-3-2-4-10(12)7-9/h2-4,7,14H,5-6,8,13H2,1H3. The minimum atomic E-state index is -0.775. The Labute approximate surface area is 89.7 Å². The molecule has 3 N–H and O–H groups in total. The number of benzene rings is 1. The van der Waals surface area contributed by atoms with Crippen LogP contribution in [0, 0.1) is 0 Å².